The van der Waals surface area contributed by atoms with E-state index in [-0.39, 0.29) is 18.3 Å². The largest absolute Gasteiger partial charge is 0.481 e. The molecule has 0 saturated heterocycles. The topological polar surface area (TPSA) is 63.6 Å². The first-order valence-corrected chi connectivity index (χ1v) is 5.71. The molecule has 4 heteroatoms. The Morgan fingerprint density at radius 1 is 1.31 bits per heavy atom. The number of carboxylic acid groups (broad SMARTS) is 1. The summed E-state index contributed by atoms with van der Waals surface area (Å²) in [6, 6.07) is 0. The fourth-order valence-electron chi connectivity index (χ4n) is 1.37. The van der Waals surface area contributed by atoms with Crippen molar-refractivity contribution in [3.63, 3.8) is 0 Å². The lowest BCUT2D eigenvalue weighted by atomic mass is 9.99. The quantitative estimate of drug-likeness (QED) is 0.712. The van der Waals surface area contributed by atoms with Crippen molar-refractivity contribution < 1.29 is 19.4 Å². The zero-order chi connectivity index (χ0) is 12.8. The van der Waals surface area contributed by atoms with Crippen molar-refractivity contribution in [2.45, 2.75) is 59.0 Å². The molecule has 0 aromatic carbocycles. The van der Waals surface area contributed by atoms with Crippen LogP contribution in [0, 0.1) is 5.92 Å². The van der Waals surface area contributed by atoms with E-state index in [4.69, 9.17) is 9.84 Å². The molecule has 0 spiro atoms. The van der Waals surface area contributed by atoms with Crippen molar-refractivity contribution in [1.29, 1.82) is 0 Å². The van der Waals surface area contributed by atoms with Gasteiger partial charge in [-0.25, -0.2) is 0 Å². The number of rotatable bonds is 6. The van der Waals surface area contributed by atoms with Gasteiger partial charge in [0.15, 0.2) is 0 Å². The molecule has 0 aliphatic carbocycles. The van der Waals surface area contributed by atoms with E-state index >= 15 is 0 Å². The van der Waals surface area contributed by atoms with Crippen LogP contribution in [0.1, 0.15) is 53.4 Å². The Kier molecular flexibility index (Phi) is 6.08. The molecule has 0 amide bonds. The number of aliphatic carboxylic acids is 1. The average molecular weight is 230 g/mol. The lowest BCUT2D eigenvalue weighted by molar-refractivity contribution is -0.160. The van der Waals surface area contributed by atoms with Crippen LogP contribution in [-0.4, -0.2) is 22.6 Å². The smallest absolute Gasteiger partial charge is 0.309 e. The number of hydrogen-bond acceptors (Lipinski definition) is 3. The van der Waals surface area contributed by atoms with Gasteiger partial charge in [0.2, 0.25) is 0 Å². The number of esters is 1. The Morgan fingerprint density at radius 3 is 2.25 bits per heavy atom. The Morgan fingerprint density at radius 2 is 1.88 bits per heavy atom. The number of ether oxygens (including phenoxy) is 1. The van der Waals surface area contributed by atoms with Gasteiger partial charge in [-0.2, -0.15) is 0 Å². The van der Waals surface area contributed by atoms with Gasteiger partial charge in [-0.05, 0) is 40.0 Å². The lowest BCUT2D eigenvalue weighted by Gasteiger charge is -2.23. The summed E-state index contributed by atoms with van der Waals surface area (Å²) in [7, 11) is 0. The summed E-state index contributed by atoms with van der Waals surface area (Å²) in [5.74, 6) is -1.22. The maximum absolute atomic E-state index is 11.7. The normalized spacial score (nSPS) is 13.2. The number of carbonyl (C=O) groups is 2. The molecule has 0 radical (unpaired) electrons. The van der Waals surface area contributed by atoms with Crippen LogP contribution in [0.5, 0.6) is 0 Å². The van der Waals surface area contributed by atoms with Crippen molar-refractivity contribution in [3.05, 3.63) is 0 Å². The minimum Gasteiger partial charge on any atom is -0.481 e. The third kappa shape index (κ3) is 7.26. The van der Waals surface area contributed by atoms with Crippen LogP contribution >= 0.6 is 0 Å². The van der Waals surface area contributed by atoms with Crippen LogP contribution in [0.25, 0.3) is 0 Å². The van der Waals surface area contributed by atoms with Gasteiger partial charge in [0, 0.05) is 6.42 Å². The molecule has 1 atom stereocenters. The van der Waals surface area contributed by atoms with Crippen LogP contribution in [0.15, 0.2) is 0 Å². The van der Waals surface area contributed by atoms with Gasteiger partial charge in [0.1, 0.15) is 5.60 Å². The van der Waals surface area contributed by atoms with E-state index in [0.717, 1.165) is 0 Å². The van der Waals surface area contributed by atoms with E-state index in [1.54, 1.807) is 0 Å². The molecule has 0 heterocycles. The predicted molar refractivity (Wildman–Crippen MR) is 61.1 cm³/mol. The first kappa shape index (κ1) is 14.9. The van der Waals surface area contributed by atoms with Crippen molar-refractivity contribution >= 4 is 11.9 Å². The first-order chi connectivity index (χ1) is 7.26. The number of carboxylic acids is 1. The molecule has 0 aliphatic rings. The molecule has 94 valence electrons. The fraction of sp³-hybridized carbons (Fsp3) is 0.833. The standard InChI is InChI=1S/C12H22O4/c1-5-9(7-6-8-10(13)14)11(15)16-12(2,3)4/h9H,5-8H2,1-4H3,(H,13,14). The van der Waals surface area contributed by atoms with Crippen molar-refractivity contribution in [2.75, 3.05) is 0 Å². The second kappa shape index (κ2) is 6.51. The molecule has 0 aromatic rings. The van der Waals surface area contributed by atoms with Gasteiger partial charge in [-0.15, -0.1) is 0 Å². The van der Waals surface area contributed by atoms with E-state index in [9.17, 15) is 9.59 Å². The van der Waals surface area contributed by atoms with Crippen molar-refractivity contribution in [2.24, 2.45) is 5.92 Å². The number of hydrogen-bond donors (Lipinski definition) is 1. The highest BCUT2D eigenvalue weighted by Gasteiger charge is 2.23. The molecule has 0 bridgehead atoms. The molecule has 1 unspecified atom stereocenters. The summed E-state index contributed by atoms with van der Waals surface area (Å²) < 4.78 is 5.26. The van der Waals surface area contributed by atoms with Crippen LogP contribution in [0.3, 0.4) is 0 Å². The van der Waals surface area contributed by atoms with E-state index in [0.29, 0.717) is 19.3 Å². The van der Waals surface area contributed by atoms with Gasteiger partial charge in [-0.3, -0.25) is 9.59 Å². The second-order valence-electron chi connectivity index (χ2n) is 4.92. The fourth-order valence-corrected chi connectivity index (χ4v) is 1.37. The molecule has 0 aromatic heterocycles. The third-order valence-electron chi connectivity index (χ3n) is 2.18. The van der Waals surface area contributed by atoms with Crippen LogP contribution in [-0.2, 0) is 14.3 Å². The minimum absolute atomic E-state index is 0.110. The monoisotopic (exact) mass is 230 g/mol. The third-order valence-corrected chi connectivity index (χ3v) is 2.18. The summed E-state index contributed by atoms with van der Waals surface area (Å²) in [4.78, 5) is 22.0. The zero-order valence-corrected chi connectivity index (χ0v) is 10.6. The molecule has 0 fully saturated rings. The van der Waals surface area contributed by atoms with E-state index in [1.807, 2.05) is 27.7 Å². The molecule has 16 heavy (non-hydrogen) atoms. The van der Waals surface area contributed by atoms with Crippen LogP contribution in [0.2, 0.25) is 0 Å². The van der Waals surface area contributed by atoms with Gasteiger partial charge in [-0.1, -0.05) is 6.92 Å². The Hall–Kier alpha value is -1.06. The summed E-state index contributed by atoms with van der Waals surface area (Å²) in [6.07, 6.45) is 1.90. The molecule has 0 rings (SSSR count). The van der Waals surface area contributed by atoms with E-state index in [2.05, 4.69) is 0 Å². The molecular formula is C12H22O4. The predicted octanol–water partition coefficient (Wildman–Crippen LogP) is 2.61. The number of carbonyl (C=O) groups excluding carboxylic acids is 1. The summed E-state index contributed by atoms with van der Waals surface area (Å²) >= 11 is 0. The molecule has 0 aliphatic heterocycles. The highest BCUT2D eigenvalue weighted by atomic mass is 16.6. The highest BCUT2D eigenvalue weighted by Crippen LogP contribution is 2.18. The van der Waals surface area contributed by atoms with Crippen LogP contribution in [0.4, 0.5) is 0 Å². The SMILES string of the molecule is CCC(CCCC(=O)O)C(=O)OC(C)(C)C. The van der Waals surface area contributed by atoms with E-state index < -0.39 is 11.6 Å². The lowest BCUT2D eigenvalue weighted by Crippen LogP contribution is -2.28. The van der Waals surface area contributed by atoms with Gasteiger partial charge >= 0.3 is 11.9 Å². The highest BCUT2D eigenvalue weighted by molar-refractivity contribution is 5.73. The second-order valence-corrected chi connectivity index (χ2v) is 4.92. The summed E-state index contributed by atoms with van der Waals surface area (Å²) in [5.41, 5.74) is -0.475. The summed E-state index contributed by atoms with van der Waals surface area (Å²) in [5, 5.41) is 8.51. The minimum atomic E-state index is -0.820. The molecule has 0 saturated carbocycles. The van der Waals surface area contributed by atoms with Crippen LogP contribution < -0.4 is 0 Å². The van der Waals surface area contributed by atoms with Gasteiger partial charge < -0.3 is 9.84 Å². The van der Waals surface area contributed by atoms with Gasteiger partial charge in [0.25, 0.3) is 0 Å². The van der Waals surface area contributed by atoms with Crippen molar-refractivity contribution in [1.82, 2.24) is 0 Å². The Labute approximate surface area is 97.0 Å². The Bertz CT molecular complexity index is 240. The summed E-state index contributed by atoms with van der Waals surface area (Å²) in [6.45, 7) is 7.40. The van der Waals surface area contributed by atoms with E-state index in [1.165, 1.54) is 0 Å². The molecular weight excluding hydrogens is 208 g/mol. The zero-order valence-electron chi connectivity index (χ0n) is 10.6. The average Bonchev–Trinajstić information content (AvgIpc) is 2.08. The maximum Gasteiger partial charge on any atom is 0.309 e. The molecule has 4 nitrogen and oxygen atoms in total. The molecule has 1 N–H and O–H groups in total. The van der Waals surface area contributed by atoms with Crippen molar-refractivity contribution in [3.8, 4) is 0 Å². The van der Waals surface area contributed by atoms with Gasteiger partial charge in [0.05, 0.1) is 5.92 Å². The first-order valence-electron chi connectivity index (χ1n) is 5.71. The maximum atomic E-state index is 11.7. The Balaban J connectivity index is 4.07.